The fourth-order valence-electron chi connectivity index (χ4n) is 2.95. The molecule has 1 aromatic heterocycles. The summed E-state index contributed by atoms with van der Waals surface area (Å²) >= 11 is 4.75. The Hall–Kier alpha value is -2.94. The van der Waals surface area contributed by atoms with E-state index < -0.39 is 0 Å². The maximum absolute atomic E-state index is 5.53. The van der Waals surface area contributed by atoms with Crippen LogP contribution in [0, 0.1) is 6.92 Å². The molecule has 3 rings (SSSR count). The van der Waals surface area contributed by atoms with E-state index in [0.717, 1.165) is 36.7 Å². The number of rotatable bonds is 7. The molecular formula is C25H39N7S. The number of benzene rings is 1. The number of aliphatic imine (C=N–C) groups is 1. The minimum Gasteiger partial charge on any atom is -0.376 e. The van der Waals surface area contributed by atoms with Gasteiger partial charge in [0.2, 0.25) is 0 Å². The number of nitrogens with zero attached hydrogens (tertiary/aromatic N) is 3. The van der Waals surface area contributed by atoms with Crippen LogP contribution in [0.4, 0.5) is 0 Å². The maximum Gasteiger partial charge on any atom is 0.163 e. The standard InChI is InChI=1S/C11H13N3S.C8H10N2.C6H16N2/c1-7-2-3-10-8(4-7)5-9(14-10)6-13-11(12)15;1-3-6-10-7-4-5-9-8(10)2;1-4-8(3)5-6(2)7/h2-5,14H,6H2,1H3,(H3,12,13,15);3-5,7H,1-2,6H2;6H,4-5,7H2,1-3H3. The zero-order valence-corrected chi connectivity index (χ0v) is 21.2. The highest BCUT2D eigenvalue weighted by molar-refractivity contribution is 7.80. The number of H-pyrrole nitrogens is 1. The van der Waals surface area contributed by atoms with Gasteiger partial charge >= 0.3 is 0 Å². The molecule has 0 aliphatic carbocycles. The van der Waals surface area contributed by atoms with E-state index in [1.807, 2.05) is 30.2 Å². The molecule has 0 spiro atoms. The fraction of sp³-hybridized carbons (Fsp3) is 0.360. The van der Waals surface area contributed by atoms with E-state index in [1.54, 1.807) is 6.21 Å². The van der Waals surface area contributed by atoms with Crippen molar-refractivity contribution in [3.63, 3.8) is 0 Å². The topological polar surface area (TPSA) is 98.7 Å². The molecule has 0 bridgehead atoms. The molecule has 0 saturated heterocycles. The first kappa shape index (κ1) is 28.1. The van der Waals surface area contributed by atoms with Crippen LogP contribution in [0.5, 0.6) is 0 Å². The molecule has 1 aliphatic rings. The molecule has 1 aliphatic heterocycles. The van der Waals surface area contributed by atoms with Gasteiger partial charge in [0.15, 0.2) is 5.11 Å². The van der Waals surface area contributed by atoms with Crippen molar-refractivity contribution in [3.05, 3.63) is 72.9 Å². The summed E-state index contributed by atoms with van der Waals surface area (Å²) in [5.74, 6) is 0.766. The Morgan fingerprint density at radius 1 is 1.39 bits per heavy atom. The zero-order chi connectivity index (χ0) is 24.8. The Morgan fingerprint density at radius 3 is 2.67 bits per heavy atom. The van der Waals surface area contributed by atoms with Gasteiger partial charge in [0.1, 0.15) is 5.82 Å². The molecule has 6 N–H and O–H groups in total. The number of aromatic amines is 1. The lowest BCUT2D eigenvalue weighted by Gasteiger charge is -2.19. The zero-order valence-electron chi connectivity index (χ0n) is 20.3. The quantitative estimate of drug-likeness (QED) is 0.365. The normalized spacial score (nSPS) is 13.2. The number of fused-ring (bicyclic) bond motifs is 1. The number of hydrogen-bond acceptors (Lipinski definition) is 5. The second kappa shape index (κ2) is 15.0. The third-order valence-corrected chi connectivity index (χ3v) is 4.80. The Bertz CT molecular complexity index is 959. The second-order valence-electron chi connectivity index (χ2n) is 7.91. The Morgan fingerprint density at radius 2 is 2.12 bits per heavy atom. The van der Waals surface area contributed by atoms with Crippen molar-refractivity contribution < 1.29 is 0 Å². The summed E-state index contributed by atoms with van der Waals surface area (Å²) in [5.41, 5.74) is 14.4. The number of likely N-dealkylation sites (N-methyl/N-ethyl adjacent to an activating group) is 1. The van der Waals surface area contributed by atoms with Crippen LogP contribution in [0.2, 0.25) is 0 Å². The van der Waals surface area contributed by atoms with Crippen LogP contribution in [0.15, 0.2) is 66.6 Å². The first-order valence-corrected chi connectivity index (χ1v) is 11.4. The average Bonchev–Trinajstić information content (AvgIpc) is 3.16. The molecule has 1 unspecified atom stereocenters. The minimum atomic E-state index is 0.306. The smallest absolute Gasteiger partial charge is 0.163 e. The fourth-order valence-corrected chi connectivity index (χ4v) is 3.02. The van der Waals surface area contributed by atoms with Crippen molar-refractivity contribution in [2.24, 2.45) is 16.5 Å². The third-order valence-electron chi connectivity index (χ3n) is 4.66. The number of aromatic nitrogens is 1. The summed E-state index contributed by atoms with van der Waals surface area (Å²) in [6.45, 7) is 17.1. The highest BCUT2D eigenvalue weighted by atomic mass is 32.1. The van der Waals surface area contributed by atoms with E-state index in [0.29, 0.717) is 17.7 Å². The van der Waals surface area contributed by atoms with Crippen LogP contribution < -0.4 is 16.8 Å². The van der Waals surface area contributed by atoms with Crippen LogP contribution in [-0.4, -0.2) is 58.8 Å². The molecular weight excluding hydrogens is 430 g/mol. The SMILES string of the molecule is C=CCN1C=CC=NC1=C.CCN(C)CC(C)N.Cc1ccc2[nH]c(CNC(N)=S)cc2c1. The monoisotopic (exact) mass is 469 g/mol. The maximum atomic E-state index is 5.53. The molecule has 180 valence electrons. The Labute approximate surface area is 203 Å². The largest absolute Gasteiger partial charge is 0.376 e. The lowest BCUT2D eigenvalue weighted by Crippen LogP contribution is -2.32. The van der Waals surface area contributed by atoms with E-state index in [1.165, 1.54) is 10.9 Å². The molecule has 0 radical (unpaired) electrons. The van der Waals surface area contributed by atoms with Crippen molar-refractivity contribution in [1.29, 1.82) is 0 Å². The van der Waals surface area contributed by atoms with Gasteiger partial charge in [-0.25, -0.2) is 4.99 Å². The van der Waals surface area contributed by atoms with Crippen LogP contribution in [0.25, 0.3) is 10.9 Å². The van der Waals surface area contributed by atoms with Crippen LogP contribution in [0.1, 0.15) is 25.1 Å². The number of hydrogen-bond donors (Lipinski definition) is 4. The first-order valence-electron chi connectivity index (χ1n) is 11.0. The third kappa shape index (κ3) is 11.5. The number of nitrogens with two attached hydrogens (primary N) is 2. The van der Waals surface area contributed by atoms with Crippen molar-refractivity contribution in [2.45, 2.75) is 33.4 Å². The highest BCUT2D eigenvalue weighted by Gasteiger charge is 2.01. The predicted molar refractivity (Wildman–Crippen MR) is 147 cm³/mol. The molecule has 7 nitrogen and oxygen atoms in total. The average molecular weight is 470 g/mol. The van der Waals surface area contributed by atoms with Gasteiger partial charge in [0.25, 0.3) is 0 Å². The molecule has 1 atom stereocenters. The van der Waals surface area contributed by atoms with Gasteiger partial charge in [-0.1, -0.05) is 31.2 Å². The summed E-state index contributed by atoms with van der Waals surface area (Å²) < 4.78 is 0. The van der Waals surface area contributed by atoms with Gasteiger partial charge in [0.05, 0.1) is 6.54 Å². The van der Waals surface area contributed by atoms with E-state index in [2.05, 4.69) is 78.5 Å². The van der Waals surface area contributed by atoms with Gasteiger partial charge in [-0.05, 0) is 69.3 Å². The summed E-state index contributed by atoms with van der Waals surface area (Å²) in [4.78, 5) is 11.4. The van der Waals surface area contributed by atoms with Gasteiger partial charge in [-0.3, -0.25) is 0 Å². The van der Waals surface area contributed by atoms with Gasteiger partial charge in [-0.2, -0.15) is 0 Å². The number of aryl methyl sites for hydroxylation is 1. The molecule has 0 fully saturated rings. The van der Waals surface area contributed by atoms with Crippen molar-refractivity contribution in [1.82, 2.24) is 20.1 Å². The molecule has 2 aromatic rings. The molecule has 8 heteroatoms. The summed E-state index contributed by atoms with van der Waals surface area (Å²) in [7, 11) is 2.07. The van der Waals surface area contributed by atoms with Crippen molar-refractivity contribution in [2.75, 3.05) is 26.7 Å². The molecule has 0 saturated carbocycles. The Balaban J connectivity index is 0.000000265. The molecule has 2 heterocycles. The minimum absolute atomic E-state index is 0.306. The van der Waals surface area contributed by atoms with Crippen LogP contribution >= 0.6 is 12.2 Å². The lowest BCUT2D eigenvalue weighted by atomic mass is 10.2. The van der Waals surface area contributed by atoms with Gasteiger partial charge in [0, 0.05) is 42.8 Å². The van der Waals surface area contributed by atoms with Gasteiger partial charge in [-0.15, -0.1) is 6.58 Å². The summed E-state index contributed by atoms with van der Waals surface area (Å²) in [6, 6.07) is 8.72. The highest BCUT2D eigenvalue weighted by Crippen LogP contribution is 2.16. The van der Waals surface area contributed by atoms with E-state index >= 15 is 0 Å². The van der Waals surface area contributed by atoms with Gasteiger partial charge < -0.3 is 31.6 Å². The van der Waals surface area contributed by atoms with E-state index in [9.17, 15) is 0 Å². The summed E-state index contributed by atoms with van der Waals surface area (Å²) in [5, 5.41) is 4.46. The van der Waals surface area contributed by atoms with Crippen LogP contribution in [-0.2, 0) is 6.54 Å². The van der Waals surface area contributed by atoms with E-state index in [-0.39, 0.29) is 0 Å². The van der Waals surface area contributed by atoms with Crippen LogP contribution in [0.3, 0.4) is 0 Å². The first-order chi connectivity index (χ1) is 15.7. The second-order valence-corrected chi connectivity index (χ2v) is 8.35. The summed E-state index contributed by atoms with van der Waals surface area (Å²) in [6.07, 6.45) is 7.34. The lowest BCUT2D eigenvalue weighted by molar-refractivity contribution is 0.334. The number of allylic oxidation sites excluding steroid dienone is 1. The molecule has 33 heavy (non-hydrogen) atoms. The molecule has 0 amide bonds. The number of thiocarbonyl (C=S) groups is 1. The Kier molecular flexibility index (Phi) is 12.8. The number of nitrogens with one attached hydrogen (secondary N) is 2. The van der Waals surface area contributed by atoms with E-state index in [4.69, 9.17) is 23.7 Å². The predicted octanol–water partition coefficient (Wildman–Crippen LogP) is 3.64. The van der Waals surface area contributed by atoms with Crippen molar-refractivity contribution >= 4 is 34.4 Å². The molecule has 1 aromatic carbocycles. The van der Waals surface area contributed by atoms with Crippen molar-refractivity contribution in [3.8, 4) is 0 Å².